The van der Waals surface area contributed by atoms with Crippen molar-refractivity contribution in [1.82, 2.24) is 5.32 Å². The van der Waals surface area contributed by atoms with Gasteiger partial charge >= 0.3 is 0 Å². The number of hydrogen-bond acceptors (Lipinski definition) is 2. The SMILES string of the molecule is CCC(C)c1ccc(CNCC(C)CN)cc1. The van der Waals surface area contributed by atoms with Gasteiger partial charge in [-0.1, -0.05) is 45.0 Å². The third-order valence-electron chi connectivity index (χ3n) is 3.39. The van der Waals surface area contributed by atoms with Crippen molar-refractivity contribution in [2.75, 3.05) is 13.1 Å². The van der Waals surface area contributed by atoms with Crippen LogP contribution in [0.15, 0.2) is 24.3 Å². The fourth-order valence-corrected chi connectivity index (χ4v) is 1.75. The van der Waals surface area contributed by atoms with Gasteiger partial charge in [0.1, 0.15) is 0 Å². The lowest BCUT2D eigenvalue weighted by Gasteiger charge is -2.12. The highest BCUT2D eigenvalue weighted by Gasteiger charge is 2.02. The summed E-state index contributed by atoms with van der Waals surface area (Å²) < 4.78 is 0. The van der Waals surface area contributed by atoms with Gasteiger partial charge in [0.2, 0.25) is 0 Å². The van der Waals surface area contributed by atoms with Crippen molar-refractivity contribution in [1.29, 1.82) is 0 Å². The summed E-state index contributed by atoms with van der Waals surface area (Å²) in [6.45, 7) is 9.35. The Kier molecular flexibility index (Phi) is 6.23. The Balaban J connectivity index is 2.40. The van der Waals surface area contributed by atoms with Gasteiger partial charge in [-0.2, -0.15) is 0 Å². The van der Waals surface area contributed by atoms with E-state index in [0.29, 0.717) is 11.8 Å². The molecule has 0 aliphatic carbocycles. The molecule has 0 heterocycles. The molecule has 0 radical (unpaired) electrons. The molecular weight excluding hydrogens is 208 g/mol. The molecule has 3 N–H and O–H groups in total. The molecule has 96 valence electrons. The van der Waals surface area contributed by atoms with Gasteiger partial charge in [-0.05, 0) is 42.5 Å². The summed E-state index contributed by atoms with van der Waals surface area (Å²) >= 11 is 0. The summed E-state index contributed by atoms with van der Waals surface area (Å²) in [5.41, 5.74) is 8.36. The molecule has 0 fully saturated rings. The van der Waals surface area contributed by atoms with E-state index in [0.717, 1.165) is 19.6 Å². The van der Waals surface area contributed by atoms with Crippen LogP contribution in [0.4, 0.5) is 0 Å². The summed E-state index contributed by atoms with van der Waals surface area (Å²) in [5, 5.41) is 3.44. The van der Waals surface area contributed by atoms with Crippen LogP contribution in [0.3, 0.4) is 0 Å². The molecule has 2 atom stereocenters. The predicted octanol–water partition coefficient (Wildman–Crippen LogP) is 2.88. The number of hydrogen-bond donors (Lipinski definition) is 2. The lowest BCUT2D eigenvalue weighted by atomic mass is 9.98. The Labute approximate surface area is 106 Å². The van der Waals surface area contributed by atoms with Crippen LogP contribution in [0.2, 0.25) is 0 Å². The maximum Gasteiger partial charge on any atom is 0.0205 e. The average molecular weight is 234 g/mol. The summed E-state index contributed by atoms with van der Waals surface area (Å²) in [4.78, 5) is 0. The fourth-order valence-electron chi connectivity index (χ4n) is 1.75. The third-order valence-corrected chi connectivity index (χ3v) is 3.39. The van der Waals surface area contributed by atoms with Crippen molar-refractivity contribution in [2.24, 2.45) is 11.7 Å². The lowest BCUT2D eigenvalue weighted by molar-refractivity contribution is 0.522. The van der Waals surface area contributed by atoms with Gasteiger partial charge in [0.25, 0.3) is 0 Å². The minimum atomic E-state index is 0.550. The van der Waals surface area contributed by atoms with Crippen LogP contribution in [0, 0.1) is 5.92 Å². The summed E-state index contributed by atoms with van der Waals surface area (Å²) in [6.07, 6.45) is 1.20. The first-order chi connectivity index (χ1) is 8.17. The van der Waals surface area contributed by atoms with Gasteiger partial charge in [0, 0.05) is 6.54 Å². The molecule has 1 aromatic carbocycles. The summed E-state index contributed by atoms with van der Waals surface area (Å²) in [6, 6.07) is 8.94. The molecule has 2 unspecified atom stereocenters. The maximum absolute atomic E-state index is 5.58. The van der Waals surface area contributed by atoms with Crippen LogP contribution in [-0.2, 0) is 6.54 Å². The lowest BCUT2D eigenvalue weighted by Crippen LogP contribution is -2.25. The molecule has 1 rings (SSSR count). The molecule has 17 heavy (non-hydrogen) atoms. The van der Waals surface area contributed by atoms with Crippen molar-refractivity contribution < 1.29 is 0 Å². The van der Waals surface area contributed by atoms with Crippen LogP contribution in [-0.4, -0.2) is 13.1 Å². The Hall–Kier alpha value is -0.860. The van der Waals surface area contributed by atoms with Gasteiger partial charge in [-0.3, -0.25) is 0 Å². The monoisotopic (exact) mass is 234 g/mol. The fraction of sp³-hybridized carbons (Fsp3) is 0.600. The Morgan fingerprint density at radius 3 is 2.35 bits per heavy atom. The van der Waals surface area contributed by atoms with Crippen LogP contribution in [0.25, 0.3) is 0 Å². The Morgan fingerprint density at radius 2 is 1.82 bits per heavy atom. The second-order valence-corrected chi connectivity index (χ2v) is 5.02. The first kappa shape index (κ1) is 14.2. The third kappa shape index (κ3) is 4.88. The van der Waals surface area contributed by atoms with E-state index in [1.165, 1.54) is 17.5 Å². The minimum absolute atomic E-state index is 0.550. The van der Waals surface area contributed by atoms with Gasteiger partial charge in [-0.15, -0.1) is 0 Å². The molecule has 2 nitrogen and oxygen atoms in total. The molecule has 1 aromatic rings. The highest BCUT2D eigenvalue weighted by Crippen LogP contribution is 2.18. The normalized spacial score (nSPS) is 14.6. The van der Waals surface area contributed by atoms with Crippen LogP contribution >= 0.6 is 0 Å². The quantitative estimate of drug-likeness (QED) is 0.761. The number of nitrogens with two attached hydrogens (primary N) is 1. The van der Waals surface area contributed by atoms with Crippen molar-refractivity contribution in [3.05, 3.63) is 35.4 Å². The van der Waals surface area contributed by atoms with Gasteiger partial charge < -0.3 is 11.1 Å². The number of nitrogens with one attached hydrogen (secondary N) is 1. The van der Waals surface area contributed by atoms with Crippen molar-refractivity contribution in [3.8, 4) is 0 Å². The molecule has 0 bridgehead atoms. The van der Waals surface area contributed by atoms with E-state index in [9.17, 15) is 0 Å². The van der Waals surface area contributed by atoms with Crippen LogP contribution in [0.5, 0.6) is 0 Å². The highest BCUT2D eigenvalue weighted by atomic mass is 14.9. The standard InChI is InChI=1S/C15H26N2/c1-4-13(3)15-7-5-14(6-8-15)11-17-10-12(2)9-16/h5-8,12-13,17H,4,9-11,16H2,1-3H3. The summed E-state index contributed by atoms with van der Waals surface area (Å²) in [7, 11) is 0. The molecule has 0 spiro atoms. The average Bonchev–Trinajstić information content (AvgIpc) is 2.38. The topological polar surface area (TPSA) is 38.0 Å². The highest BCUT2D eigenvalue weighted by molar-refractivity contribution is 5.24. The van der Waals surface area contributed by atoms with E-state index in [2.05, 4.69) is 50.4 Å². The number of benzene rings is 1. The molecule has 0 saturated carbocycles. The minimum Gasteiger partial charge on any atom is -0.330 e. The zero-order valence-corrected chi connectivity index (χ0v) is 11.4. The Bertz CT molecular complexity index is 305. The molecule has 0 aliphatic rings. The molecule has 0 aliphatic heterocycles. The van der Waals surface area contributed by atoms with Gasteiger partial charge in [-0.25, -0.2) is 0 Å². The van der Waals surface area contributed by atoms with Gasteiger partial charge in [0.05, 0.1) is 0 Å². The molecular formula is C15H26N2. The van der Waals surface area contributed by atoms with Crippen LogP contribution < -0.4 is 11.1 Å². The number of rotatable bonds is 7. The second kappa shape index (κ2) is 7.46. The van der Waals surface area contributed by atoms with E-state index in [1.54, 1.807) is 0 Å². The van der Waals surface area contributed by atoms with E-state index in [1.807, 2.05) is 0 Å². The first-order valence-corrected chi connectivity index (χ1v) is 6.67. The first-order valence-electron chi connectivity index (χ1n) is 6.67. The smallest absolute Gasteiger partial charge is 0.0205 e. The van der Waals surface area contributed by atoms with Crippen molar-refractivity contribution in [3.63, 3.8) is 0 Å². The molecule has 0 saturated heterocycles. The van der Waals surface area contributed by atoms with E-state index in [4.69, 9.17) is 5.73 Å². The largest absolute Gasteiger partial charge is 0.330 e. The molecule has 0 amide bonds. The zero-order valence-electron chi connectivity index (χ0n) is 11.4. The van der Waals surface area contributed by atoms with Crippen molar-refractivity contribution in [2.45, 2.75) is 39.7 Å². The molecule has 2 heteroatoms. The van der Waals surface area contributed by atoms with Crippen molar-refractivity contribution >= 4 is 0 Å². The summed E-state index contributed by atoms with van der Waals surface area (Å²) in [5.74, 6) is 1.21. The van der Waals surface area contributed by atoms with Gasteiger partial charge in [0.15, 0.2) is 0 Å². The van der Waals surface area contributed by atoms with E-state index >= 15 is 0 Å². The second-order valence-electron chi connectivity index (χ2n) is 5.02. The van der Waals surface area contributed by atoms with E-state index < -0.39 is 0 Å². The molecule has 0 aromatic heterocycles. The Morgan fingerprint density at radius 1 is 1.18 bits per heavy atom. The predicted molar refractivity (Wildman–Crippen MR) is 75.1 cm³/mol. The van der Waals surface area contributed by atoms with E-state index in [-0.39, 0.29) is 0 Å². The van der Waals surface area contributed by atoms with Crippen LogP contribution in [0.1, 0.15) is 44.2 Å². The zero-order chi connectivity index (χ0) is 12.7. The maximum atomic E-state index is 5.58.